The highest BCUT2D eigenvalue weighted by Crippen LogP contribution is 2.35. The molecule has 3 aromatic rings. The summed E-state index contributed by atoms with van der Waals surface area (Å²) in [6.45, 7) is 7.44. The summed E-state index contributed by atoms with van der Waals surface area (Å²) in [5, 5.41) is 5.16. The van der Waals surface area contributed by atoms with Crippen LogP contribution in [0.5, 0.6) is 0 Å². The zero-order valence-corrected chi connectivity index (χ0v) is 17.2. The molecular weight excluding hydrogens is 378 g/mol. The van der Waals surface area contributed by atoms with Crippen molar-refractivity contribution in [2.45, 2.75) is 13.0 Å². The number of benzene rings is 1. The average molecular weight is 402 g/mol. The Kier molecular flexibility index (Phi) is 5.59. The summed E-state index contributed by atoms with van der Waals surface area (Å²) in [5.41, 5.74) is 0.795. The first-order chi connectivity index (χ1) is 13.1. The van der Waals surface area contributed by atoms with E-state index in [4.69, 9.17) is 11.6 Å². The molecule has 5 nitrogen and oxygen atoms in total. The molecule has 1 saturated heterocycles. The summed E-state index contributed by atoms with van der Waals surface area (Å²) in [7, 11) is 2.18. The van der Waals surface area contributed by atoms with Gasteiger partial charge in [0.05, 0.1) is 16.1 Å². The molecule has 142 valence electrons. The molecule has 0 unspecified atom stereocenters. The first kappa shape index (κ1) is 18.6. The van der Waals surface area contributed by atoms with Gasteiger partial charge < -0.3 is 10.2 Å². The highest BCUT2D eigenvalue weighted by atomic mass is 35.5. The van der Waals surface area contributed by atoms with Crippen LogP contribution >= 0.6 is 22.9 Å². The van der Waals surface area contributed by atoms with E-state index in [1.54, 1.807) is 17.5 Å². The zero-order valence-electron chi connectivity index (χ0n) is 15.7. The molecule has 0 radical (unpaired) electrons. The molecule has 1 aliphatic heterocycles. The van der Waals surface area contributed by atoms with Crippen LogP contribution < -0.4 is 5.32 Å². The van der Waals surface area contributed by atoms with Gasteiger partial charge in [-0.15, -0.1) is 11.3 Å². The summed E-state index contributed by atoms with van der Waals surface area (Å²) in [5.74, 6) is 0.633. The van der Waals surface area contributed by atoms with Gasteiger partial charge in [-0.05, 0) is 31.5 Å². The summed E-state index contributed by atoms with van der Waals surface area (Å²) < 4.78 is 1.24. The van der Waals surface area contributed by atoms with Crippen LogP contribution in [0.4, 0.5) is 5.95 Å². The fourth-order valence-electron chi connectivity index (χ4n) is 3.54. The Morgan fingerprint density at radius 1 is 1.30 bits per heavy atom. The fraction of sp³-hybridized carbons (Fsp3) is 0.400. The van der Waals surface area contributed by atoms with Crippen LogP contribution in [0.3, 0.4) is 0 Å². The monoisotopic (exact) mass is 401 g/mol. The third-order valence-electron chi connectivity index (χ3n) is 5.05. The van der Waals surface area contributed by atoms with E-state index < -0.39 is 0 Å². The van der Waals surface area contributed by atoms with Crippen molar-refractivity contribution in [3.63, 3.8) is 0 Å². The first-order valence-electron chi connectivity index (χ1n) is 9.28. The van der Waals surface area contributed by atoms with Gasteiger partial charge in [-0.3, -0.25) is 4.90 Å². The molecular formula is C20H24ClN5S. The van der Waals surface area contributed by atoms with Crippen molar-refractivity contribution < 1.29 is 0 Å². The SMILES string of the molecule is C[C@@H]1CN(C)CCN1CCNc1ncc(Cl)c(-c2cc3ccccc3s2)n1. The second kappa shape index (κ2) is 8.10. The van der Waals surface area contributed by atoms with Gasteiger partial charge in [0.2, 0.25) is 5.95 Å². The van der Waals surface area contributed by atoms with E-state index in [-0.39, 0.29) is 0 Å². The maximum atomic E-state index is 6.39. The molecule has 0 bridgehead atoms. The highest BCUT2D eigenvalue weighted by Gasteiger charge is 2.20. The topological polar surface area (TPSA) is 44.3 Å². The Balaban J connectivity index is 1.44. The van der Waals surface area contributed by atoms with Crippen molar-refractivity contribution in [2.24, 2.45) is 0 Å². The lowest BCUT2D eigenvalue weighted by molar-refractivity contribution is 0.104. The summed E-state index contributed by atoms with van der Waals surface area (Å²) >= 11 is 8.09. The molecule has 0 saturated carbocycles. The molecule has 0 aliphatic carbocycles. The van der Waals surface area contributed by atoms with E-state index in [2.05, 4.69) is 63.3 Å². The van der Waals surface area contributed by atoms with Gasteiger partial charge >= 0.3 is 0 Å². The number of fused-ring (bicyclic) bond motifs is 1. The third-order valence-corrected chi connectivity index (χ3v) is 6.45. The zero-order chi connectivity index (χ0) is 18.8. The van der Waals surface area contributed by atoms with Gasteiger partial charge in [-0.25, -0.2) is 9.97 Å². The Hall–Kier alpha value is -1.73. The van der Waals surface area contributed by atoms with Crippen LogP contribution in [0, 0.1) is 0 Å². The number of hydrogen-bond acceptors (Lipinski definition) is 6. The lowest BCUT2D eigenvalue weighted by Crippen LogP contribution is -2.51. The van der Waals surface area contributed by atoms with Gasteiger partial charge in [0, 0.05) is 43.5 Å². The molecule has 3 heterocycles. The number of halogens is 1. The molecule has 1 fully saturated rings. The van der Waals surface area contributed by atoms with E-state index in [1.165, 1.54) is 10.1 Å². The Morgan fingerprint density at radius 3 is 2.96 bits per heavy atom. The van der Waals surface area contributed by atoms with E-state index in [1.807, 2.05) is 6.07 Å². The summed E-state index contributed by atoms with van der Waals surface area (Å²) in [4.78, 5) is 15.0. The molecule has 0 amide bonds. The number of piperazine rings is 1. The van der Waals surface area contributed by atoms with Crippen LogP contribution in [-0.4, -0.2) is 65.6 Å². The molecule has 2 aromatic heterocycles. The predicted molar refractivity (Wildman–Crippen MR) is 115 cm³/mol. The Morgan fingerprint density at radius 2 is 2.15 bits per heavy atom. The van der Waals surface area contributed by atoms with E-state index >= 15 is 0 Å². The molecule has 4 rings (SSSR count). The van der Waals surface area contributed by atoms with Crippen LogP contribution in [0.2, 0.25) is 5.02 Å². The fourth-order valence-corrected chi connectivity index (χ4v) is 4.86. The predicted octanol–water partition coefficient (Wildman–Crippen LogP) is 4.06. The second-order valence-electron chi connectivity index (χ2n) is 7.11. The first-order valence-corrected chi connectivity index (χ1v) is 10.5. The molecule has 7 heteroatoms. The quantitative estimate of drug-likeness (QED) is 0.698. The minimum absolute atomic E-state index is 0.575. The number of anilines is 1. The standard InChI is InChI=1S/C20H24ClN5S/c1-14-13-25(2)9-10-26(14)8-7-22-20-23-12-16(21)19(24-20)18-11-15-5-3-4-6-17(15)27-18/h3-6,11-12,14H,7-10,13H2,1-2H3,(H,22,23,24)/t14-/m1/s1. The molecule has 1 aromatic carbocycles. The van der Waals surface area contributed by atoms with E-state index in [9.17, 15) is 0 Å². The van der Waals surface area contributed by atoms with Crippen molar-refractivity contribution >= 4 is 39.0 Å². The maximum absolute atomic E-state index is 6.39. The largest absolute Gasteiger partial charge is 0.353 e. The minimum Gasteiger partial charge on any atom is -0.353 e. The Bertz CT molecular complexity index is 895. The molecule has 27 heavy (non-hydrogen) atoms. The van der Waals surface area contributed by atoms with Gasteiger partial charge in [-0.1, -0.05) is 29.8 Å². The second-order valence-corrected chi connectivity index (χ2v) is 8.60. The van der Waals surface area contributed by atoms with Crippen molar-refractivity contribution in [3.8, 4) is 10.6 Å². The molecule has 1 N–H and O–H groups in total. The number of aromatic nitrogens is 2. The van der Waals surface area contributed by atoms with E-state index in [0.717, 1.165) is 43.3 Å². The summed E-state index contributed by atoms with van der Waals surface area (Å²) in [6.07, 6.45) is 1.69. The van der Waals surface area contributed by atoms with Crippen molar-refractivity contribution in [2.75, 3.05) is 45.1 Å². The number of thiophene rings is 1. The lowest BCUT2D eigenvalue weighted by atomic mass is 10.2. The summed E-state index contributed by atoms with van der Waals surface area (Å²) in [6, 6.07) is 11.0. The number of rotatable bonds is 5. The van der Waals surface area contributed by atoms with Crippen molar-refractivity contribution in [3.05, 3.63) is 41.6 Å². The van der Waals surface area contributed by atoms with Crippen LogP contribution in [0.1, 0.15) is 6.92 Å². The molecule has 1 aliphatic rings. The van der Waals surface area contributed by atoms with Gasteiger partial charge in [0.1, 0.15) is 5.69 Å². The van der Waals surface area contributed by atoms with Gasteiger partial charge in [0.25, 0.3) is 0 Å². The van der Waals surface area contributed by atoms with Crippen molar-refractivity contribution in [1.29, 1.82) is 0 Å². The van der Waals surface area contributed by atoms with Crippen LogP contribution in [0.25, 0.3) is 20.7 Å². The molecule has 0 spiro atoms. The van der Waals surface area contributed by atoms with Crippen LogP contribution in [0.15, 0.2) is 36.5 Å². The smallest absolute Gasteiger partial charge is 0.223 e. The lowest BCUT2D eigenvalue weighted by Gasteiger charge is -2.38. The molecule has 1 atom stereocenters. The number of hydrogen-bond donors (Lipinski definition) is 1. The van der Waals surface area contributed by atoms with Gasteiger partial charge in [0.15, 0.2) is 0 Å². The third kappa shape index (κ3) is 4.24. The number of likely N-dealkylation sites (N-methyl/N-ethyl adjacent to an activating group) is 1. The maximum Gasteiger partial charge on any atom is 0.223 e. The van der Waals surface area contributed by atoms with E-state index in [0.29, 0.717) is 17.0 Å². The number of nitrogens with one attached hydrogen (secondary N) is 1. The van der Waals surface area contributed by atoms with Gasteiger partial charge in [-0.2, -0.15) is 0 Å². The minimum atomic E-state index is 0.575. The Labute approximate surface area is 169 Å². The normalized spacial score (nSPS) is 18.9. The number of nitrogens with zero attached hydrogens (tertiary/aromatic N) is 4. The van der Waals surface area contributed by atoms with Crippen molar-refractivity contribution in [1.82, 2.24) is 19.8 Å². The van der Waals surface area contributed by atoms with Crippen LogP contribution in [-0.2, 0) is 0 Å². The highest BCUT2D eigenvalue weighted by molar-refractivity contribution is 7.22. The average Bonchev–Trinajstić information content (AvgIpc) is 3.09.